The van der Waals surface area contributed by atoms with E-state index in [0.29, 0.717) is 64.1 Å². The van der Waals surface area contributed by atoms with Gasteiger partial charge in [-0.1, -0.05) is 26.8 Å². The minimum absolute atomic E-state index is 0.0783. The summed E-state index contributed by atoms with van der Waals surface area (Å²) in [6, 6.07) is 14.8. The van der Waals surface area contributed by atoms with Crippen molar-refractivity contribution >= 4 is 22.3 Å². The van der Waals surface area contributed by atoms with E-state index in [1.807, 2.05) is 19.1 Å². The highest BCUT2D eigenvalue weighted by atomic mass is 19.3. The van der Waals surface area contributed by atoms with Gasteiger partial charge in [0.25, 0.3) is 6.43 Å². The van der Waals surface area contributed by atoms with Crippen molar-refractivity contribution in [1.82, 2.24) is 21.0 Å². The minimum atomic E-state index is -2.52. The summed E-state index contributed by atoms with van der Waals surface area (Å²) in [6.07, 6.45) is 1.32. The fraction of sp³-hybridized carbons (Fsp3) is 0.355. The standard InChI is InChI=1S/C31H31F2N9/c1-18-9-19(12-34)5-6-23(18)28(25-16-42(41-40-25)31(7-8-31)29(32)33)39-22-10-20(13-35)26-24(11-22)27(21(14-36)15-37-26)38-17-30(2,3)4/h5-6,9-11,15-16,28-29,39-41H,7-8,17H2,1-4H3,(H,37,38)/t28-/m0/s1. The molecule has 4 N–H and O–H groups in total. The molecule has 214 valence electrons. The molecule has 2 heterocycles. The first-order chi connectivity index (χ1) is 20.0. The van der Waals surface area contributed by atoms with Crippen molar-refractivity contribution in [2.75, 3.05) is 17.2 Å². The van der Waals surface area contributed by atoms with Crippen LogP contribution in [0.2, 0.25) is 0 Å². The fourth-order valence-electron chi connectivity index (χ4n) is 5.07. The summed E-state index contributed by atoms with van der Waals surface area (Å²) in [5, 5.41) is 38.2. The lowest BCUT2D eigenvalue weighted by Gasteiger charge is -2.25. The van der Waals surface area contributed by atoms with Gasteiger partial charge in [0.2, 0.25) is 0 Å². The Hall–Kier alpha value is -4.92. The Morgan fingerprint density at radius 2 is 1.81 bits per heavy atom. The molecule has 1 aliphatic carbocycles. The van der Waals surface area contributed by atoms with E-state index in [1.54, 1.807) is 24.4 Å². The third-order valence-corrected chi connectivity index (χ3v) is 7.58. The number of fused-ring (bicyclic) bond motifs is 1. The normalized spacial score (nSPS) is 16.2. The molecule has 0 unspecified atom stereocenters. The predicted octanol–water partition coefficient (Wildman–Crippen LogP) is 5.73. The number of nitrogens with one attached hydrogen (secondary N) is 4. The average molecular weight is 568 g/mol. The predicted molar refractivity (Wildman–Crippen MR) is 156 cm³/mol. The first kappa shape index (κ1) is 28.6. The number of alkyl halides is 2. The second-order valence-corrected chi connectivity index (χ2v) is 12.0. The monoisotopic (exact) mass is 567 g/mol. The van der Waals surface area contributed by atoms with Crippen molar-refractivity contribution in [2.45, 2.75) is 58.5 Å². The fourth-order valence-corrected chi connectivity index (χ4v) is 5.07. The van der Waals surface area contributed by atoms with Crippen molar-refractivity contribution in [1.29, 1.82) is 15.8 Å². The van der Waals surface area contributed by atoms with Crippen LogP contribution in [-0.4, -0.2) is 28.5 Å². The van der Waals surface area contributed by atoms with Crippen LogP contribution in [-0.2, 0) is 0 Å². The molecule has 1 saturated carbocycles. The first-order valence-electron chi connectivity index (χ1n) is 13.6. The zero-order valence-electron chi connectivity index (χ0n) is 23.8. The molecule has 0 saturated heterocycles. The van der Waals surface area contributed by atoms with E-state index < -0.39 is 18.0 Å². The highest BCUT2D eigenvalue weighted by Gasteiger charge is 2.56. The van der Waals surface area contributed by atoms with Crippen LogP contribution in [0.15, 0.2) is 48.4 Å². The van der Waals surface area contributed by atoms with Crippen LogP contribution in [0.5, 0.6) is 0 Å². The van der Waals surface area contributed by atoms with Crippen molar-refractivity contribution in [3.8, 4) is 18.2 Å². The Bertz CT molecular complexity index is 1700. The second kappa shape index (κ2) is 10.8. The number of hydrogen-bond acceptors (Lipinski definition) is 9. The Morgan fingerprint density at radius 1 is 1.07 bits per heavy atom. The summed E-state index contributed by atoms with van der Waals surface area (Å²) in [5.41, 5.74) is 9.61. The summed E-state index contributed by atoms with van der Waals surface area (Å²) >= 11 is 0. The number of nitriles is 3. The van der Waals surface area contributed by atoms with Crippen molar-refractivity contribution in [3.63, 3.8) is 0 Å². The molecule has 0 spiro atoms. The van der Waals surface area contributed by atoms with Crippen molar-refractivity contribution in [3.05, 3.63) is 76.2 Å². The molecular formula is C31H31F2N9. The molecule has 1 aromatic heterocycles. The van der Waals surface area contributed by atoms with Gasteiger partial charge in [-0.25, -0.2) is 8.78 Å². The summed E-state index contributed by atoms with van der Waals surface area (Å²) in [5.74, 6) is 0. The van der Waals surface area contributed by atoms with Gasteiger partial charge in [-0.3, -0.25) is 9.99 Å². The number of aromatic nitrogens is 1. The van der Waals surface area contributed by atoms with Crippen LogP contribution in [0, 0.1) is 46.3 Å². The van der Waals surface area contributed by atoms with Gasteiger partial charge in [-0.05, 0) is 60.6 Å². The number of benzene rings is 2. The number of anilines is 2. The molecule has 0 amide bonds. The van der Waals surface area contributed by atoms with E-state index in [4.69, 9.17) is 0 Å². The number of hydrogen-bond donors (Lipinski definition) is 4. The van der Waals surface area contributed by atoms with E-state index in [-0.39, 0.29) is 5.41 Å². The molecule has 2 aromatic carbocycles. The topological polar surface area (TPSA) is 136 Å². The molecule has 3 aromatic rings. The number of pyridine rings is 1. The van der Waals surface area contributed by atoms with Gasteiger partial charge in [-0.15, -0.1) is 5.53 Å². The lowest BCUT2D eigenvalue weighted by atomic mass is 9.95. The van der Waals surface area contributed by atoms with Crippen LogP contribution >= 0.6 is 0 Å². The van der Waals surface area contributed by atoms with Crippen LogP contribution in [0.1, 0.15) is 67.5 Å². The maximum atomic E-state index is 13.9. The van der Waals surface area contributed by atoms with Gasteiger partial charge < -0.3 is 16.1 Å². The van der Waals surface area contributed by atoms with Gasteiger partial charge in [0.05, 0.1) is 45.7 Å². The second-order valence-electron chi connectivity index (χ2n) is 12.0. The van der Waals surface area contributed by atoms with E-state index >= 15 is 0 Å². The number of rotatable bonds is 8. The lowest BCUT2D eigenvalue weighted by molar-refractivity contribution is 0.00911. The molecule has 2 aliphatic rings. The zero-order valence-corrected chi connectivity index (χ0v) is 23.8. The Labute approximate surface area is 243 Å². The number of nitrogens with zero attached hydrogens (tertiary/aromatic N) is 5. The summed E-state index contributed by atoms with van der Waals surface area (Å²) in [7, 11) is 0. The molecule has 11 heteroatoms. The molecule has 1 aliphatic heterocycles. The van der Waals surface area contributed by atoms with Crippen LogP contribution in [0.4, 0.5) is 20.2 Å². The Balaban J connectivity index is 1.62. The molecule has 1 atom stereocenters. The van der Waals surface area contributed by atoms with Gasteiger partial charge in [0.1, 0.15) is 17.7 Å². The molecule has 0 radical (unpaired) electrons. The van der Waals surface area contributed by atoms with Gasteiger partial charge in [-0.2, -0.15) is 15.8 Å². The maximum absolute atomic E-state index is 13.9. The van der Waals surface area contributed by atoms with E-state index in [2.05, 4.69) is 65.6 Å². The van der Waals surface area contributed by atoms with Crippen molar-refractivity contribution < 1.29 is 8.78 Å². The number of halogens is 2. The van der Waals surface area contributed by atoms with E-state index in [9.17, 15) is 24.6 Å². The highest BCUT2D eigenvalue weighted by Crippen LogP contribution is 2.47. The van der Waals surface area contributed by atoms with Gasteiger partial charge in [0.15, 0.2) is 0 Å². The zero-order chi connectivity index (χ0) is 30.2. The molecule has 42 heavy (non-hydrogen) atoms. The average Bonchev–Trinajstić information content (AvgIpc) is 3.64. The molecule has 5 rings (SSSR count). The third-order valence-electron chi connectivity index (χ3n) is 7.58. The first-order valence-corrected chi connectivity index (χ1v) is 13.6. The summed E-state index contributed by atoms with van der Waals surface area (Å²) in [4.78, 5) is 4.42. The molecule has 0 bridgehead atoms. The van der Waals surface area contributed by atoms with E-state index in [1.165, 1.54) is 11.2 Å². The summed E-state index contributed by atoms with van der Waals surface area (Å²) < 4.78 is 27.8. The summed E-state index contributed by atoms with van der Waals surface area (Å²) in [6.45, 7) is 8.69. The van der Waals surface area contributed by atoms with Crippen molar-refractivity contribution in [2.24, 2.45) is 5.41 Å². The molecule has 1 fully saturated rings. The Morgan fingerprint density at radius 3 is 2.40 bits per heavy atom. The van der Waals surface area contributed by atoms with Crippen LogP contribution < -0.4 is 21.6 Å². The largest absolute Gasteiger partial charge is 0.383 e. The SMILES string of the molecule is Cc1cc(C#N)ccc1[C@H](Nc1cc(C#N)c2ncc(C#N)c(NCC(C)(C)C)c2c1)C1=CN(C2(C(F)F)CC2)NN1. The minimum Gasteiger partial charge on any atom is -0.383 e. The Kier molecular flexibility index (Phi) is 7.36. The third kappa shape index (κ3) is 5.37. The van der Waals surface area contributed by atoms with Gasteiger partial charge in [0, 0.05) is 30.0 Å². The molecule has 9 nitrogen and oxygen atoms in total. The smallest absolute Gasteiger partial charge is 0.262 e. The van der Waals surface area contributed by atoms with E-state index in [0.717, 1.165) is 11.1 Å². The highest BCUT2D eigenvalue weighted by molar-refractivity contribution is 5.99. The number of hydrazine groups is 2. The van der Waals surface area contributed by atoms with Crippen LogP contribution in [0.3, 0.4) is 0 Å². The van der Waals surface area contributed by atoms with Gasteiger partial charge >= 0.3 is 0 Å². The quantitative estimate of drug-likeness (QED) is 0.269. The molecular weight excluding hydrogens is 536 g/mol. The van der Waals surface area contributed by atoms with Crippen LogP contribution in [0.25, 0.3) is 10.9 Å². The maximum Gasteiger partial charge on any atom is 0.262 e. The number of aryl methyl sites for hydroxylation is 1. The lowest BCUT2D eigenvalue weighted by Crippen LogP contribution is -2.48.